The minimum Gasteiger partial charge on any atom is -0.395 e. The zero-order valence-corrected chi connectivity index (χ0v) is 10.4. The van der Waals surface area contributed by atoms with E-state index in [4.69, 9.17) is 5.11 Å². The molecule has 1 aromatic carbocycles. The molecule has 1 rings (SSSR count). The second kappa shape index (κ2) is 6.16. The van der Waals surface area contributed by atoms with Gasteiger partial charge in [0.1, 0.15) is 0 Å². The summed E-state index contributed by atoms with van der Waals surface area (Å²) in [6, 6.07) is 6.45. The Hall–Kier alpha value is -0.510. The van der Waals surface area contributed by atoms with Crippen LogP contribution in [0.3, 0.4) is 0 Å². The van der Waals surface area contributed by atoms with Gasteiger partial charge in [0.05, 0.1) is 6.61 Å². The summed E-state index contributed by atoms with van der Waals surface area (Å²) < 4.78 is 0. The predicted octanol–water partition coefficient (Wildman–Crippen LogP) is 2.19. The Kier molecular flexibility index (Phi) is 5.15. The lowest BCUT2D eigenvalue weighted by molar-refractivity contribution is 0.300. The molecule has 0 heterocycles. The molecule has 0 aliphatic carbocycles. The number of aryl methyl sites for hydroxylation is 1. The number of rotatable bonds is 5. The van der Waals surface area contributed by atoms with Gasteiger partial charge in [-0.15, -0.1) is 11.8 Å². The number of nitrogens with one attached hydrogen (secondary N) is 1. The highest BCUT2D eigenvalue weighted by Crippen LogP contribution is 2.27. The van der Waals surface area contributed by atoms with E-state index in [0.29, 0.717) is 0 Å². The molecule has 15 heavy (non-hydrogen) atoms. The molecule has 0 aromatic heterocycles. The maximum absolute atomic E-state index is 9.04. The van der Waals surface area contributed by atoms with E-state index in [-0.39, 0.29) is 11.9 Å². The van der Waals surface area contributed by atoms with Crippen LogP contribution in [0, 0.1) is 6.92 Å². The molecule has 0 bridgehead atoms. The first-order valence-corrected chi connectivity index (χ1v) is 6.07. The molecule has 1 atom stereocenters. The van der Waals surface area contributed by atoms with Crippen LogP contribution < -0.4 is 5.32 Å². The van der Waals surface area contributed by atoms with Gasteiger partial charge in [-0.25, -0.2) is 0 Å². The van der Waals surface area contributed by atoms with E-state index in [2.05, 4.69) is 30.4 Å². The number of aliphatic hydroxyl groups is 1. The van der Waals surface area contributed by atoms with E-state index in [9.17, 15) is 0 Å². The van der Waals surface area contributed by atoms with Crippen molar-refractivity contribution in [1.29, 1.82) is 0 Å². The zero-order valence-electron chi connectivity index (χ0n) is 9.58. The maximum Gasteiger partial charge on any atom is 0.0550 e. The van der Waals surface area contributed by atoms with Gasteiger partial charge in [-0.05, 0) is 25.6 Å². The normalized spacial score (nSPS) is 12.8. The van der Waals surface area contributed by atoms with Crippen molar-refractivity contribution in [1.82, 2.24) is 5.32 Å². The molecule has 2 nitrogen and oxygen atoms in total. The third-order valence-electron chi connectivity index (χ3n) is 2.17. The summed E-state index contributed by atoms with van der Waals surface area (Å²) in [4.78, 5) is 1.26. The lowest BCUT2D eigenvalue weighted by atomic mass is 10.1. The average Bonchev–Trinajstić information content (AvgIpc) is 2.22. The van der Waals surface area contributed by atoms with Crippen LogP contribution in [0.25, 0.3) is 0 Å². The third kappa shape index (κ3) is 3.86. The van der Waals surface area contributed by atoms with Gasteiger partial charge >= 0.3 is 0 Å². The van der Waals surface area contributed by atoms with Gasteiger partial charge in [0.2, 0.25) is 0 Å². The molecular weight excluding hydrogens is 206 g/mol. The number of aliphatic hydroxyl groups excluding tert-OH is 1. The number of hydrogen-bond acceptors (Lipinski definition) is 3. The Morgan fingerprint density at radius 2 is 2.20 bits per heavy atom. The Balaban J connectivity index is 2.85. The smallest absolute Gasteiger partial charge is 0.0550 e. The summed E-state index contributed by atoms with van der Waals surface area (Å²) in [6.45, 7) is 5.23. The summed E-state index contributed by atoms with van der Waals surface area (Å²) in [5.41, 5.74) is 2.59. The Morgan fingerprint density at radius 1 is 1.47 bits per heavy atom. The Morgan fingerprint density at radius 3 is 2.80 bits per heavy atom. The molecule has 2 N–H and O–H groups in total. The highest BCUT2D eigenvalue weighted by Gasteiger charge is 2.07. The van der Waals surface area contributed by atoms with Crippen LogP contribution in [0.2, 0.25) is 0 Å². The van der Waals surface area contributed by atoms with Gasteiger partial charge in [-0.3, -0.25) is 0 Å². The van der Waals surface area contributed by atoms with Crippen LogP contribution in [-0.2, 0) is 6.54 Å². The van der Waals surface area contributed by atoms with Crippen molar-refractivity contribution in [3.05, 3.63) is 29.3 Å². The van der Waals surface area contributed by atoms with E-state index in [0.717, 1.165) is 6.54 Å². The van der Waals surface area contributed by atoms with Crippen molar-refractivity contribution in [2.75, 3.05) is 13.7 Å². The van der Waals surface area contributed by atoms with E-state index in [1.807, 2.05) is 14.0 Å². The first-order valence-electron chi connectivity index (χ1n) is 5.19. The molecule has 3 heteroatoms. The van der Waals surface area contributed by atoms with Gasteiger partial charge in [0.25, 0.3) is 0 Å². The van der Waals surface area contributed by atoms with Gasteiger partial charge in [-0.2, -0.15) is 0 Å². The molecule has 84 valence electrons. The molecule has 1 aromatic rings. The molecule has 0 saturated heterocycles. The van der Waals surface area contributed by atoms with Crippen LogP contribution in [-0.4, -0.2) is 24.0 Å². The van der Waals surface area contributed by atoms with Crippen molar-refractivity contribution < 1.29 is 5.11 Å². The Labute approximate surface area is 96.1 Å². The average molecular weight is 225 g/mol. The lowest BCUT2D eigenvalue weighted by Gasteiger charge is -2.13. The van der Waals surface area contributed by atoms with Crippen LogP contribution in [0.4, 0.5) is 0 Å². The zero-order chi connectivity index (χ0) is 11.3. The van der Waals surface area contributed by atoms with Crippen LogP contribution in [0.1, 0.15) is 18.1 Å². The van der Waals surface area contributed by atoms with Gasteiger partial charge < -0.3 is 10.4 Å². The Bertz CT molecular complexity index is 314. The van der Waals surface area contributed by atoms with Gasteiger partial charge in [-0.1, -0.05) is 24.6 Å². The lowest BCUT2D eigenvalue weighted by Crippen LogP contribution is -2.08. The molecule has 0 spiro atoms. The fourth-order valence-corrected chi connectivity index (χ4v) is 2.34. The maximum atomic E-state index is 9.04. The monoisotopic (exact) mass is 225 g/mol. The molecule has 0 fully saturated rings. The molecule has 0 aliphatic heterocycles. The fourth-order valence-electron chi connectivity index (χ4n) is 1.41. The molecule has 0 radical (unpaired) electrons. The number of benzene rings is 1. The predicted molar refractivity (Wildman–Crippen MR) is 66.3 cm³/mol. The van der Waals surface area contributed by atoms with Crippen molar-refractivity contribution in [2.24, 2.45) is 0 Å². The molecule has 0 amide bonds. The first-order chi connectivity index (χ1) is 7.17. The fraction of sp³-hybridized carbons (Fsp3) is 0.500. The highest BCUT2D eigenvalue weighted by atomic mass is 32.2. The van der Waals surface area contributed by atoms with Gasteiger partial charge in [0.15, 0.2) is 0 Å². The quantitative estimate of drug-likeness (QED) is 0.753. The van der Waals surface area contributed by atoms with E-state index in [1.165, 1.54) is 16.0 Å². The SMILES string of the molecule is CNCc1cc(C)ccc1SC(C)CO. The van der Waals surface area contributed by atoms with Crippen molar-refractivity contribution in [2.45, 2.75) is 30.5 Å². The van der Waals surface area contributed by atoms with E-state index >= 15 is 0 Å². The van der Waals surface area contributed by atoms with E-state index in [1.54, 1.807) is 11.8 Å². The first kappa shape index (κ1) is 12.6. The molecule has 0 saturated carbocycles. The molecule has 1 unspecified atom stereocenters. The van der Waals surface area contributed by atoms with Crippen LogP contribution >= 0.6 is 11.8 Å². The summed E-state index contributed by atoms with van der Waals surface area (Å²) in [5.74, 6) is 0. The molecule has 0 aliphatic rings. The topological polar surface area (TPSA) is 32.3 Å². The second-order valence-electron chi connectivity index (χ2n) is 3.75. The number of thioether (sulfide) groups is 1. The van der Waals surface area contributed by atoms with Crippen molar-refractivity contribution in [3.63, 3.8) is 0 Å². The van der Waals surface area contributed by atoms with Crippen LogP contribution in [0.5, 0.6) is 0 Å². The minimum absolute atomic E-state index is 0.220. The van der Waals surface area contributed by atoms with Gasteiger partial charge in [0, 0.05) is 16.7 Å². The summed E-state index contributed by atoms with van der Waals surface area (Å²) in [7, 11) is 1.95. The largest absolute Gasteiger partial charge is 0.395 e. The molecular formula is C12H19NOS. The standard InChI is InChI=1S/C12H19NOS/c1-9-4-5-12(15-10(2)8-14)11(6-9)7-13-3/h4-6,10,13-14H,7-8H2,1-3H3. The second-order valence-corrected chi connectivity index (χ2v) is 5.23. The summed E-state index contributed by atoms with van der Waals surface area (Å²) >= 11 is 1.73. The third-order valence-corrected chi connectivity index (χ3v) is 3.37. The summed E-state index contributed by atoms with van der Waals surface area (Å²) in [5, 5.41) is 12.5. The van der Waals surface area contributed by atoms with Crippen molar-refractivity contribution >= 4 is 11.8 Å². The van der Waals surface area contributed by atoms with Crippen molar-refractivity contribution in [3.8, 4) is 0 Å². The summed E-state index contributed by atoms with van der Waals surface area (Å²) in [6.07, 6.45) is 0. The minimum atomic E-state index is 0.220. The number of hydrogen-bond donors (Lipinski definition) is 2. The van der Waals surface area contributed by atoms with E-state index < -0.39 is 0 Å². The highest BCUT2D eigenvalue weighted by molar-refractivity contribution is 8.00. The van der Waals surface area contributed by atoms with Crippen LogP contribution in [0.15, 0.2) is 23.1 Å².